The van der Waals surface area contributed by atoms with Crippen molar-refractivity contribution in [2.75, 3.05) is 5.73 Å². The first-order valence-corrected chi connectivity index (χ1v) is 6.34. The molecule has 94 valence electrons. The molecule has 3 atom stereocenters. The van der Waals surface area contributed by atoms with E-state index < -0.39 is 0 Å². The van der Waals surface area contributed by atoms with Crippen LogP contribution in [0.5, 0.6) is 0 Å². The molecule has 0 bridgehead atoms. The van der Waals surface area contributed by atoms with Crippen molar-refractivity contribution in [2.45, 2.75) is 45.3 Å². The SMILES string of the molecule is C=C(C)c1ccn(C2CC(O)C(CC)C2)c1N. The van der Waals surface area contributed by atoms with Gasteiger partial charge in [0.2, 0.25) is 0 Å². The predicted octanol–water partition coefficient (Wildman–Crippen LogP) is 2.83. The van der Waals surface area contributed by atoms with E-state index in [0.717, 1.165) is 36.2 Å². The Kier molecular flexibility index (Phi) is 3.29. The second kappa shape index (κ2) is 4.57. The van der Waals surface area contributed by atoms with Crippen molar-refractivity contribution in [3.05, 3.63) is 24.4 Å². The van der Waals surface area contributed by atoms with Gasteiger partial charge in [0, 0.05) is 17.8 Å². The highest BCUT2D eigenvalue weighted by molar-refractivity contribution is 5.70. The van der Waals surface area contributed by atoms with Gasteiger partial charge in [-0.25, -0.2) is 0 Å². The van der Waals surface area contributed by atoms with Crippen molar-refractivity contribution in [1.29, 1.82) is 0 Å². The molecule has 0 amide bonds. The fourth-order valence-electron chi connectivity index (χ4n) is 2.88. The first kappa shape index (κ1) is 12.2. The van der Waals surface area contributed by atoms with Gasteiger partial charge in [0.25, 0.3) is 0 Å². The van der Waals surface area contributed by atoms with Crippen LogP contribution >= 0.6 is 0 Å². The standard InChI is InChI=1S/C14H22N2O/c1-4-10-7-11(8-13(10)17)16-6-5-12(9(2)3)14(16)15/h5-6,10-11,13,17H,2,4,7-8,15H2,1,3H3. The average Bonchev–Trinajstić information content (AvgIpc) is 2.81. The topological polar surface area (TPSA) is 51.2 Å². The Morgan fingerprint density at radius 1 is 1.59 bits per heavy atom. The Morgan fingerprint density at radius 2 is 2.29 bits per heavy atom. The number of nitrogen functional groups attached to an aromatic ring is 1. The van der Waals surface area contributed by atoms with Crippen LogP contribution in [0.2, 0.25) is 0 Å². The van der Waals surface area contributed by atoms with Gasteiger partial charge in [0.1, 0.15) is 5.82 Å². The molecule has 1 aromatic heterocycles. The summed E-state index contributed by atoms with van der Waals surface area (Å²) in [6.07, 6.45) is 4.71. The molecule has 1 heterocycles. The summed E-state index contributed by atoms with van der Waals surface area (Å²) in [5, 5.41) is 9.96. The van der Waals surface area contributed by atoms with Gasteiger partial charge in [-0.1, -0.05) is 19.9 Å². The maximum atomic E-state index is 9.96. The van der Waals surface area contributed by atoms with Crippen molar-refractivity contribution in [1.82, 2.24) is 4.57 Å². The van der Waals surface area contributed by atoms with Crippen molar-refractivity contribution < 1.29 is 5.11 Å². The average molecular weight is 234 g/mol. The molecule has 3 nitrogen and oxygen atoms in total. The van der Waals surface area contributed by atoms with Crippen LogP contribution < -0.4 is 5.73 Å². The molecule has 3 heteroatoms. The lowest BCUT2D eigenvalue weighted by atomic mass is 10.0. The lowest BCUT2D eigenvalue weighted by Gasteiger charge is -2.15. The zero-order valence-corrected chi connectivity index (χ0v) is 10.7. The summed E-state index contributed by atoms with van der Waals surface area (Å²) in [6, 6.07) is 2.35. The normalized spacial score (nSPS) is 28.5. The third-order valence-corrected chi connectivity index (χ3v) is 3.97. The molecule has 17 heavy (non-hydrogen) atoms. The van der Waals surface area contributed by atoms with Crippen LogP contribution in [0.15, 0.2) is 18.8 Å². The number of rotatable bonds is 3. The van der Waals surface area contributed by atoms with Gasteiger partial charge in [0.15, 0.2) is 0 Å². The largest absolute Gasteiger partial charge is 0.393 e. The summed E-state index contributed by atoms with van der Waals surface area (Å²) in [6.45, 7) is 8.03. The first-order chi connectivity index (χ1) is 8.04. The minimum atomic E-state index is -0.180. The molecule has 1 fully saturated rings. The molecule has 1 saturated carbocycles. The lowest BCUT2D eigenvalue weighted by Crippen LogP contribution is -2.11. The number of allylic oxidation sites excluding steroid dienone is 1. The predicted molar refractivity (Wildman–Crippen MR) is 71.6 cm³/mol. The molecule has 1 aliphatic rings. The van der Waals surface area contributed by atoms with E-state index in [4.69, 9.17) is 5.73 Å². The Morgan fingerprint density at radius 3 is 2.76 bits per heavy atom. The number of aromatic nitrogens is 1. The summed E-state index contributed by atoms with van der Waals surface area (Å²) in [5.74, 6) is 1.20. The minimum absolute atomic E-state index is 0.180. The molecule has 0 aliphatic heterocycles. The Bertz CT molecular complexity index is 422. The molecule has 3 unspecified atom stereocenters. The number of nitrogens with zero attached hydrogens (tertiary/aromatic N) is 1. The van der Waals surface area contributed by atoms with Crippen LogP contribution in [0.4, 0.5) is 5.82 Å². The zero-order valence-electron chi connectivity index (χ0n) is 10.7. The molecule has 3 N–H and O–H groups in total. The van der Waals surface area contributed by atoms with Gasteiger partial charge in [-0.15, -0.1) is 0 Å². The Labute approximate surface area is 103 Å². The van der Waals surface area contributed by atoms with E-state index in [9.17, 15) is 5.11 Å². The minimum Gasteiger partial charge on any atom is -0.393 e. The van der Waals surface area contributed by atoms with Crippen LogP contribution in [-0.2, 0) is 0 Å². The number of aliphatic hydroxyl groups is 1. The molecule has 0 aromatic carbocycles. The molecule has 0 spiro atoms. The van der Waals surface area contributed by atoms with E-state index in [-0.39, 0.29) is 6.10 Å². The van der Waals surface area contributed by atoms with E-state index in [2.05, 4.69) is 18.1 Å². The number of hydrogen-bond donors (Lipinski definition) is 2. The highest BCUT2D eigenvalue weighted by Gasteiger charge is 2.33. The zero-order chi connectivity index (χ0) is 12.6. The third kappa shape index (κ3) is 2.12. The molecule has 0 radical (unpaired) electrons. The summed E-state index contributed by atoms with van der Waals surface area (Å²) >= 11 is 0. The monoisotopic (exact) mass is 234 g/mol. The second-order valence-electron chi connectivity index (χ2n) is 5.16. The van der Waals surface area contributed by atoms with Crippen molar-refractivity contribution in [3.8, 4) is 0 Å². The van der Waals surface area contributed by atoms with E-state index in [1.54, 1.807) is 0 Å². The maximum Gasteiger partial charge on any atom is 0.111 e. The van der Waals surface area contributed by atoms with Crippen molar-refractivity contribution in [3.63, 3.8) is 0 Å². The van der Waals surface area contributed by atoms with Crippen molar-refractivity contribution >= 4 is 11.4 Å². The van der Waals surface area contributed by atoms with Crippen LogP contribution in [0.3, 0.4) is 0 Å². The fourth-order valence-corrected chi connectivity index (χ4v) is 2.88. The van der Waals surface area contributed by atoms with Gasteiger partial charge >= 0.3 is 0 Å². The number of aliphatic hydroxyl groups excluding tert-OH is 1. The highest BCUT2D eigenvalue weighted by atomic mass is 16.3. The summed E-state index contributed by atoms with van der Waals surface area (Å²) in [4.78, 5) is 0. The van der Waals surface area contributed by atoms with Gasteiger partial charge in [0.05, 0.1) is 6.10 Å². The van der Waals surface area contributed by atoms with Crippen LogP contribution in [-0.4, -0.2) is 15.8 Å². The number of nitrogens with two attached hydrogens (primary N) is 1. The van der Waals surface area contributed by atoms with E-state index >= 15 is 0 Å². The van der Waals surface area contributed by atoms with E-state index in [0.29, 0.717) is 12.0 Å². The quantitative estimate of drug-likeness (QED) is 0.845. The summed E-state index contributed by atoms with van der Waals surface area (Å²) in [7, 11) is 0. The number of anilines is 1. The molecular formula is C14H22N2O. The van der Waals surface area contributed by atoms with Crippen LogP contribution in [0.1, 0.15) is 44.7 Å². The van der Waals surface area contributed by atoms with Crippen LogP contribution in [0.25, 0.3) is 5.57 Å². The smallest absolute Gasteiger partial charge is 0.111 e. The van der Waals surface area contributed by atoms with Gasteiger partial charge in [-0.3, -0.25) is 0 Å². The highest BCUT2D eigenvalue weighted by Crippen LogP contribution is 2.39. The van der Waals surface area contributed by atoms with Crippen LogP contribution in [0, 0.1) is 5.92 Å². The van der Waals surface area contributed by atoms with Crippen molar-refractivity contribution in [2.24, 2.45) is 5.92 Å². The number of hydrogen-bond acceptors (Lipinski definition) is 2. The van der Waals surface area contributed by atoms with Gasteiger partial charge < -0.3 is 15.4 Å². The molecule has 1 aromatic rings. The van der Waals surface area contributed by atoms with E-state index in [1.165, 1.54) is 0 Å². The van der Waals surface area contributed by atoms with Gasteiger partial charge in [-0.05, 0) is 37.3 Å². The molecule has 2 rings (SSSR count). The first-order valence-electron chi connectivity index (χ1n) is 6.34. The molecular weight excluding hydrogens is 212 g/mol. The van der Waals surface area contributed by atoms with E-state index in [1.807, 2.05) is 19.2 Å². The molecule has 1 aliphatic carbocycles. The maximum absolute atomic E-state index is 9.96. The fraction of sp³-hybridized carbons (Fsp3) is 0.571. The third-order valence-electron chi connectivity index (χ3n) is 3.97. The summed E-state index contributed by atoms with van der Waals surface area (Å²) < 4.78 is 2.10. The Balaban J connectivity index is 2.22. The lowest BCUT2D eigenvalue weighted by molar-refractivity contribution is 0.129. The second-order valence-corrected chi connectivity index (χ2v) is 5.16. The van der Waals surface area contributed by atoms with Gasteiger partial charge in [-0.2, -0.15) is 0 Å². The Hall–Kier alpha value is -1.22. The molecule has 0 saturated heterocycles. The summed E-state index contributed by atoms with van der Waals surface area (Å²) in [5.41, 5.74) is 8.16.